The van der Waals surface area contributed by atoms with Crippen molar-refractivity contribution in [1.82, 2.24) is 19.8 Å². The third-order valence-corrected chi connectivity index (χ3v) is 7.50. The Labute approximate surface area is 223 Å². The second-order valence-corrected chi connectivity index (χ2v) is 10.1. The molecule has 0 atom stereocenters. The Bertz CT molecular complexity index is 1380. The van der Waals surface area contributed by atoms with Crippen molar-refractivity contribution in [1.29, 1.82) is 0 Å². The number of aromatic nitrogens is 2. The second kappa shape index (κ2) is 9.81. The molecule has 9 nitrogen and oxygen atoms in total. The molecule has 2 aromatic carbocycles. The Hall–Kier alpha value is -3.40. The van der Waals surface area contributed by atoms with Crippen molar-refractivity contribution in [2.24, 2.45) is 0 Å². The van der Waals surface area contributed by atoms with Crippen LogP contribution in [0.4, 0.5) is 17.3 Å². The molecule has 0 radical (unpaired) electrons. The number of halogens is 2. The zero-order valence-corrected chi connectivity index (χ0v) is 21.4. The number of nitrogens with one attached hydrogen (secondary N) is 1. The maximum Gasteiger partial charge on any atom is 0.268 e. The summed E-state index contributed by atoms with van der Waals surface area (Å²) in [6.07, 6.45) is 3.41. The van der Waals surface area contributed by atoms with Crippen LogP contribution in [0.2, 0.25) is 10.0 Å². The van der Waals surface area contributed by atoms with Crippen LogP contribution in [-0.2, 0) is 17.8 Å². The lowest BCUT2D eigenvalue weighted by Gasteiger charge is -2.35. The lowest BCUT2D eigenvalue weighted by molar-refractivity contribution is -0.136. The summed E-state index contributed by atoms with van der Waals surface area (Å²) in [5.74, 6) is 0.403. The van der Waals surface area contributed by atoms with E-state index in [1.165, 1.54) is 22.2 Å². The number of ether oxygens (including phenoxy) is 1. The van der Waals surface area contributed by atoms with E-state index in [-0.39, 0.29) is 30.0 Å². The second-order valence-electron chi connectivity index (χ2n) is 9.29. The van der Waals surface area contributed by atoms with Crippen LogP contribution < -0.4 is 15.0 Å². The first kappa shape index (κ1) is 24.0. The highest BCUT2D eigenvalue weighted by molar-refractivity contribution is 6.40. The van der Waals surface area contributed by atoms with Crippen LogP contribution in [0.15, 0.2) is 42.6 Å². The zero-order chi connectivity index (χ0) is 25.5. The van der Waals surface area contributed by atoms with Gasteiger partial charge in [-0.25, -0.2) is 4.98 Å². The van der Waals surface area contributed by atoms with Gasteiger partial charge in [-0.1, -0.05) is 35.3 Å². The molecule has 37 heavy (non-hydrogen) atoms. The Morgan fingerprint density at radius 3 is 2.65 bits per heavy atom. The molecule has 1 aromatic heterocycles. The molecule has 0 aliphatic carbocycles. The summed E-state index contributed by atoms with van der Waals surface area (Å²) in [6, 6.07) is 11.2. The minimum absolute atomic E-state index is 0.0681. The topological polar surface area (TPSA) is 90.9 Å². The van der Waals surface area contributed by atoms with Crippen molar-refractivity contribution in [3.8, 4) is 5.88 Å². The van der Waals surface area contributed by atoms with Gasteiger partial charge in [0.25, 0.3) is 5.91 Å². The fraction of sp³-hybridized carbons (Fsp3) is 0.308. The minimum atomic E-state index is -0.339. The van der Waals surface area contributed by atoms with Gasteiger partial charge in [-0.3, -0.25) is 19.4 Å². The van der Waals surface area contributed by atoms with Gasteiger partial charge in [-0.2, -0.15) is 4.98 Å². The molecule has 2 amide bonds. The van der Waals surface area contributed by atoms with E-state index in [2.05, 4.69) is 32.3 Å². The van der Waals surface area contributed by atoms with E-state index in [0.29, 0.717) is 28.2 Å². The van der Waals surface area contributed by atoms with Crippen LogP contribution in [0.1, 0.15) is 27.9 Å². The van der Waals surface area contributed by atoms with Gasteiger partial charge in [0.05, 0.1) is 22.3 Å². The van der Waals surface area contributed by atoms with Gasteiger partial charge in [0.2, 0.25) is 17.7 Å². The molecule has 3 aromatic rings. The van der Waals surface area contributed by atoms with Gasteiger partial charge in [0.1, 0.15) is 5.56 Å². The number of carbonyl (C=O) groups is 2. The smallest absolute Gasteiger partial charge is 0.268 e. The SMILES string of the molecule is O=C(CN1CCc2cc(Nc3ncc4c(n3)OCN(c3c(Cl)cccc3Cl)C4=O)ccc2C1)N1CCC1. The summed E-state index contributed by atoms with van der Waals surface area (Å²) in [7, 11) is 0. The largest absolute Gasteiger partial charge is 0.455 e. The number of hydrogen-bond acceptors (Lipinski definition) is 7. The van der Waals surface area contributed by atoms with Crippen LogP contribution in [0, 0.1) is 0 Å². The van der Waals surface area contributed by atoms with Crippen molar-refractivity contribution in [2.75, 3.05) is 43.1 Å². The van der Waals surface area contributed by atoms with Crippen LogP contribution >= 0.6 is 23.2 Å². The molecule has 1 fully saturated rings. The lowest BCUT2D eigenvalue weighted by atomic mass is 9.99. The molecule has 0 bridgehead atoms. The lowest BCUT2D eigenvalue weighted by Crippen LogP contribution is -2.47. The summed E-state index contributed by atoms with van der Waals surface area (Å²) in [5.41, 5.74) is 3.91. The molecule has 4 heterocycles. The van der Waals surface area contributed by atoms with Gasteiger partial charge < -0.3 is 15.0 Å². The minimum Gasteiger partial charge on any atom is -0.455 e. The van der Waals surface area contributed by atoms with E-state index in [1.807, 2.05) is 11.0 Å². The molecule has 11 heteroatoms. The van der Waals surface area contributed by atoms with Crippen molar-refractivity contribution < 1.29 is 14.3 Å². The normalized spacial score (nSPS) is 17.0. The van der Waals surface area contributed by atoms with Crippen molar-refractivity contribution >= 4 is 52.3 Å². The Balaban J connectivity index is 1.14. The molecular formula is C26H24Cl2N6O3. The van der Waals surface area contributed by atoms with Crippen LogP contribution in [0.25, 0.3) is 0 Å². The van der Waals surface area contributed by atoms with Gasteiger partial charge in [0.15, 0.2) is 6.73 Å². The standard InChI is InChI=1S/C26H24Cl2N6O3/c27-20-3-1-4-21(28)23(20)34-15-37-24-19(25(34)36)12-29-26(31-24)30-18-6-5-17-13-32(10-7-16(17)11-18)14-22(35)33-8-2-9-33/h1,3-6,11-12H,2,7-10,13-15H2,(H,29,30,31). The monoisotopic (exact) mass is 538 g/mol. The molecule has 0 saturated carbocycles. The summed E-state index contributed by atoms with van der Waals surface area (Å²) >= 11 is 12.6. The van der Waals surface area contributed by atoms with Crippen molar-refractivity contribution in [3.63, 3.8) is 0 Å². The summed E-state index contributed by atoms with van der Waals surface area (Å²) in [4.78, 5) is 39.7. The molecule has 3 aliphatic heterocycles. The fourth-order valence-electron chi connectivity index (χ4n) is 4.74. The first-order valence-electron chi connectivity index (χ1n) is 12.1. The number of anilines is 3. The maximum atomic E-state index is 13.1. The average Bonchev–Trinajstić information content (AvgIpc) is 2.84. The molecule has 0 spiro atoms. The number of fused-ring (bicyclic) bond motifs is 2. The van der Waals surface area contributed by atoms with Crippen molar-refractivity contribution in [2.45, 2.75) is 19.4 Å². The van der Waals surface area contributed by atoms with E-state index < -0.39 is 0 Å². The number of carbonyl (C=O) groups excluding carboxylic acids is 2. The maximum absolute atomic E-state index is 13.1. The predicted molar refractivity (Wildman–Crippen MR) is 141 cm³/mol. The number of rotatable bonds is 5. The Morgan fingerprint density at radius 2 is 1.89 bits per heavy atom. The highest BCUT2D eigenvalue weighted by atomic mass is 35.5. The molecular weight excluding hydrogens is 515 g/mol. The van der Waals surface area contributed by atoms with Gasteiger partial charge in [-0.05, 0) is 48.2 Å². The number of benzene rings is 2. The number of nitrogens with zero attached hydrogens (tertiary/aromatic N) is 5. The van der Waals surface area contributed by atoms with Gasteiger partial charge >= 0.3 is 0 Å². The van der Waals surface area contributed by atoms with Crippen molar-refractivity contribution in [3.05, 3.63) is 69.3 Å². The van der Waals surface area contributed by atoms with Gasteiger partial charge in [0, 0.05) is 38.1 Å². The highest BCUT2D eigenvalue weighted by Gasteiger charge is 2.31. The zero-order valence-electron chi connectivity index (χ0n) is 19.9. The highest BCUT2D eigenvalue weighted by Crippen LogP contribution is 2.37. The van der Waals surface area contributed by atoms with Gasteiger partial charge in [-0.15, -0.1) is 0 Å². The molecule has 1 N–H and O–H groups in total. The van der Waals surface area contributed by atoms with E-state index in [4.69, 9.17) is 27.9 Å². The third-order valence-electron chi connectivity index (χ3n) is 6.89. The Kier molecular flexibility index (Phi) is 6.36. The first-order chi connectivity index (χ1) is 18.0. The summed E-state index contributed by atoms with van der Waals surface area (Å²) in [6.45, 7) is 3.77. The number of likely N-dealkylation sites (tertiary alicyclic amines) is 1. The molecule has 6 rings (SSSR count). The van der Waals surface area contributed by atoms with Crippen LogP contribution in [0.3, 0.4) is 0 Å². The molecule has 1 saturated heterocycles. The molecule has 3 aliphatic rings. The van der Waals surface area contributed by atoms with E-state index in [0.717, 1.165) is 44.7 Å². The van der Waals surface area contributed by atoms with E-state index in [9.17, 15) is 9.59 Å². The molecule has 0 unspecified atom stereocenters. The average molecular weight is 539 g/mol. The quantitative estimate of drug-likeness (QED) is 0.522. The van der Waals surface area contributed by atoms with E-state index >= 15 is 0 Å². The Morgan fingerprint density at radius 1 is 1.08 bits per heavy atom. The first-order valence-corrected chi connectivity index (χ1v) is 12.9. The van der Waals surface area contributed by atoms with Crippen LogP contribution in [-0.4, -0.2) is 64.5 Å². The summed E-state index contributed by atoms with van der Waals surface area (Å²) in [5, 5.41) is 3.91. The van der Waals surface area contributed by atoms with E-state index in [1.54, 1.807) is 18.2 Å². The number of hydrogen-bond donors (Lipinski definition) is 1. The fourth-order valence-corrected chi connectivity index (χ4v) is 5.34. The summed E-state index contributed by atoms with van der Waals surface area (Å²) < 4.78 is 5.77. The molecule has 190 valence electrons. The third kappa shape index (κ3) is 4.70. The number of amides is 2. The van der Waals surface area contributed by atoms with Crippen LogP contribution in [0.5, 0.6) is 5.88 Å². The predicted octanol–water partition coefficient (Wildman–Crippen LogP) is 4.11. The number of para-hydroxylation sites is 1.